The summed E-state index contributed by atoms with van der Waals surface area (Å²) >= 11 is 0. The molecule has 0 saturated carbocycles. The number of carbonyl (C=O) groups excluding carboxylic acids is 2. The summed E-state index contributed by atoms with van der Waals surface area (Å²) in [6, 6.07) is 14.2. The largest absolute Gasteiger partial charge is 0.451 e. The Morgan fingerprint density at radius 1 is 1.08 bits per heavy atom. The molecule has 0 spiro atoms. The number of hydrogen-bond donors (Lipinski definition) is 2. The van der Waals surface area contributed by atoms with Gasteiger partial charge in [-0.3, -0.25) is 9.59 Å². The summed E-state index contributed by atoms with van der Waals surface area (Å²) < 4.78 is 11.0. The van der Waals surface area contributed by atoms with E-state index in [0.29, 0.717) is 28.9 Å². The number of para-hydroxylation sites is 1. The van der Waals surface area contributed by atoms with E-state index in [2.05, 4.69) is 10.6 Å². The third-order valence-electron chi connectivity index (χ3n) is 3.91. The molecular formula is C20H20N2O4. The van der Waals surface area contributed by atoms with E-state index in [1.165, 1.54) is 0 Å². The number of anilines is 1. The van der Waals surface area contributed by atoms with Crippen LogP contribution in [0.25, 0.3) is 11.0 Å². The highest BCUT2D eigenvalue weighted by Gasteiger charge is 2.20. The summed E-state index contributed by atoms with van der Waals surface area (Å²) in [5.74, 6) is -0.370. The number of furan rings is 1. The number of fused-ring (bicyclic) bond motifs is 1. The van der Waals surface area contributed by atoms with Gasteiger partial charge in [0.1, 0.15) is 5.58 Å². The summed E-state index contributed by atoms with van der Waals surface area (Å²) in [6.45, 7) is 2.65. The highest BCUT2D eigenvalue weighted by molar-refractivity contribution is 6.07. The zero-order valence-electron chi connectivity index (χ0n) is 14.7. The van der Waals surface area contributed by atoms with Gasteiger partial charge in [0.2, 0.25) is 0 Å². The van der Waals surface area contributed by atoms with Gasteiger partial charge < -0.3 is 19.8 Å². The Morgan fingerprint density at radius 3 is 2.65 bits per heavy atom. The zero-order valence-corrected chi connectivity index (χ0v) is 14.7. The van der Waals surface area contributed by atoms with Crippen molar-refractivity contribution in [2.75, 3.05) is 19.0 Å². The molecule has 26 heavy (non-hydrogen) atoms. The number of carbonyl (C=O) groups is 2. The topological polar surface area (TPSA) is 80.6 Å². The molecule has 3 aromatic rings. The van der Waals surface area contributed by atoms with Gasteiger partial charge in [-0.05, 0) is 31.2 Å². The second-order valence-electron chi connectivity index (χ2n) is 5.73. The van der Waals surface area contributed by atoms with E-state index < -0.39 is 0 Å². The standard InChI is InChI=1S/C20H20N2O4/c1-3-21-19(23)13-7-6-8-14(11-13)22-20(24)18-16(12-25-2)15-9-4-5-10-17(15)26-18/h4-11H,3,12H2,1-2H3,(H,21,23)(H,22,24). The lowest BCUT2D eigenvalue weighted by Crippen LogP contribution is -2.22. The summed E-state index contributed by atoms with van der Waals surface area (Å²) in [5, 5.41) is 6.36. The Hall–Kier alpha value is -3.12. The first-order valence-corrected chi connectivity index (χ1v) is 8.33. The van der Waals surface area contributed by atoms with Gasteiger partial charge >= 0.3 is 0 Å². The van der Waals surface area contributed by atoms with Crippen LogP contribution in [0.2, 0.25) is 0 Å². The fraction of sp³-hybridized carbons (Fsp3) is 0.200. The van der Waals surface area contributed by atoms with Gasteiger partial charge in [0.15, 0.2) is 5.76 Å². The van der Waals surface area contributed by atoms with Crippen LogP contribution in [-0.2, 0) is 11.3 Å². The molecule has 0 bridgehead atoms. The Balaban J connectivity index is 1.89. The SMILES string of the molecule is CCNC(=O)c1cccc(NC(=O)c2oc3ccccc3c2COC)c1. The molecule has 6 nitrogen and oxygen atoms in total. The van der Waals surface area contributed by atoms with Crippen molar-refractivity contribution in [1.29, 1.82) is 0 Å². The van der Waals surface area contributed by atoms with Crippen LogP contribution in [0.3, 0.4) is 0 Å². The number of ether oxygens (including phenoxy) is 1. The monoisotopic (exact) mass is 352 g/mol. The normalized spacial score (nSPS) is 10.7. The van der Waals surface area contributed by atoms with Crippen LogP contribution >= 0.6 is 0 Å². The first-order chi connectivity index (χ1) is 12.6. The van der Waals surface area contributed by atoms with E-state index in [0.717, 1.165) is 5.39 Å². The van der Waals surface area contributed by atoms with E-state index >= 15 is 0 Å². The van der Waals surface area contributed by atoms with Gasteiger partial charge in [-0.15, -0.1) is 0 Å². The molecule has 1 heterocycles. The molecule has 0 fully saturated rings. The van der Waals surface area contributed by atoms with E-state index in [4.69, 9.17) is 9.15 Å². The summed E-state index contributed by atoms with van der Waals surface area (Å²) in [5.41, 5.74) is 2.32. The van der Waals surface area contributed by atoms with Crippen molar-refractivity contribution in [3.63, 3.8) is 0 Å². The van der Waals surface area contributed by atoms with Crippen LogP contribution < -0.4 is 10.6 Å². The average Bonchev–Trinajstić information content (AvgIpc) is 3.01. The molecule has 0 radical (unpaired) electrons. The van der Waals surface area contributed by atoms with Crippen molar-refractivity contribution >= 4 is 28.5 Å². The summed E-state index contributed by atoms with van der Waals surface area (Å²) in [4.78, 5) is 24.7. The van der Waals surface area contributed by atoms with Crippen molar-refractivity contribution < 1.29 is 18.7 Å². The minimum absolute atomic E-state index is 0.188. The third kappa shape index (κ3) is 3.60. The second-order valence-corrected chi connectivity index (χ2v) is 5.73. The highest BCUT2D eigenvalue weighted by Crippen LogP contribution is 2.27. The molecule has 2 N–H and O–H groups in total. The number of hydrogen-bond acceptors (Lipinski definition) is 4. The number of rotatable bonds is 6. The summed E-state index contributed by atoms with van der Waals surface area (Å²) in [6.07, 6.45) is 0. The predicted octanol–water partition coefficient (Wildman–Crippen LogP) is 3.58. The lowest BCUT2D eigenvalue weighted by Gasteiger charge is -2.07. The van der Waals surface area contributed by atoms with Gasteiger partial charge in [0.25, 0.3) is 11.8 Å². The Morgan fingerprint density at radius 2 is 1.88 bits per heavy atom. The molecule has 0 aliphatic heterocycles. The molecule has 0 aliphatic carbocycles. The molecule has 134 valence electrons. The first-order valence-electron chi connectivity index (χ1n) is 8.33. The molecular weight excluding hydrogens is 332 g/mol. The Kier molecular flexibility index (Phi) is 5.34. The van der Waals surface area contributed by atoms with Crippen LogP contribution in [0.1, 0.15) is 33.4 Å². The molecule has 6 heteroatoms. The maximum absolute atomic E-state index is 12.7. The zero-order chi connectivity index (χ0) is 18.5. The van der Waals surface area contributed by atoms with Crippen LogP contribution in [-0.4, -0.2) is 25.5 Å². The molecule has 2 aromatic carbocycles. The van der Waals surface area contributed by atoms with Crippen LogP contribution in [0, 0.1) is 0 Å². The van der Waals surface area contributed by atoms with Crippen molar-refractivity contribution in [3.05, 3.63) is 65.4 Å². The molecule has 0 atom stereocenters. The van der Waals surface area contributed by atoms with E-state index in [1.807, 2.05) is 25.1 Å². The number of methoxy groups -OCH3 is 1. The number of amides is 2. The van der Waals surface area contributed by atoms with E-state index in [-0.39, 0.29) is 24.2 Å². The predicted molar refractivity (Wildman–Crippen MR) is 99.3 cm³/mol. The van der Waals surface area contributed by atoms with Crippen LogP contribution in [0.15, 0.2) is 52.9 Å². The minimum atomic E-state index is -0.388. The first kappa shape index (κ1) is 17.7. The molecule has 2 amide bonds. The van der Waals surface area contributed by atoms with Gasteiger partial charge in [0, 0.05) is 35.9 Å². The van der Waals surface area contributed by atoms with Gasteiger partial charge in [-0.25, -0.2) is 0 Å². The van der Waals surface area contributed by atoms with Gasteiger partial charge in [-0.1, -0.05) is 24.3 Å². The lowest BCUT2D eigenvalue weighted by molar-refractivity contribution is 0.0953. The number of nitrogens with one attached hydrogen (secondary N) is 2. The lowest BCUT2D eigenvalue weighted by atomic mass is 10.1. The maximum atomic E-state index is 12.7. The minimum Gasteiger partial charge on any atom is -0.451 e. The van der Waals surface area contributed by atoms with Gasteiger partial charge in [-0.2, -0.15) is 0 Å². The van der Waals surface area contributed by atoms with Crippen molar-refractivity contribution in [3.8, 4) is 0 Å². The molecule has 0 aliphatic rings. The quantitative estimate of drug-likeness (QED) is 0.710. The van der Waals surface area contributed by atoms with Gasteiger partial charge in [0.05, 0.1) is 6.61 Å². The van der Waals surface area contributed by atoms with Crippen LogP contribution in [0.4, 0.5) is 5.69 Å². The smallest absolute Gasteiger partial charge is 0.291 e. The third-order valence-corrected chi connectivity index (χ3v) is 3.91. The highest BCUT2D eigenvalue weighted by atomic mass is 16.5. The Labute approximate surface area is 151 Å². The van der Waals surface area contributed by atoms with Crippen molar-refractivity contribution in [2.24, 2.45) is 0 Å². The molecule has 0 saturated heterocycles. The Bertz CT molecular complexity index is 946. The fourth-order valence-electron chi connectivity index (χ4n) is 2.76. The maximum Gasteiger partial charge on any atom is 0.291 e. The fourth-order valence-corrected chi connectivity index (χ4v) is 2.76. The van der Waals surface area contributed by atoms with E-state index in [1.54, 1.807) is 37.4 Å². The molecule has 3 rings (SSSR count). The van der Waals surface area contributed by atoms with Crippen molar-refractivity contribution in [2.45, 2.75) is 13.5 Å². The second kappa shape index (κ2) is 7.84. The van der Waals surface area contributed by atoms with Crippen molar-refractivity contribution in [1.82, 2.24) is 5.32 Å². The average molecular weight is 352 g/mol. The summed E-state index contributed by atoms with van der Waals surface area (Å²) in [7, 11) is 1.57. The number of benzene rings is 2. The van der Waals surface area contributed by atoms with Crippen LogP contribution in [0.5, 0.6) is 0 Å². The molecule has 0 unspecified atom stereocenters. The molecule has 1 aromatic heterocycles. The van der Waals surface area contributed by atoms with E-state index in [9.17, 15) is 9.59 Å².